The number of amides is 2. The van der Waals surface area contributed by atoms with Crippen LogP contribution in [0.1, 0.15) is 19.8 Å². The first-order chi connectivity index (χ1) is 11.1. The number of piperidine rings is 1. The fourth-order valence-electron chi connectivity index (χ4n) is 2.90. The van der Waals surface area contributed by atoms with Gasteiger partial charge in [0.15, 0.2) is 0 Å². The second-order valence-corrected chi connectivity index (χ2v) is 6.18. The molecule has 23 heavy (non-hydrogen) atoms. The molecule has 0 spiro atoms. The van der Waals surface area contributed by atoms with E-state index in [1.54, 1.807) is 18.2 Å². The molecule has 2 amide bonds. The number of carbonyl (C=O) groups excluding carboxylic acids is 2. The number of benzene rings is 1. The molecule has 2 heterocycles. The SMILES string of the molecule is CCN1N=C2CCC(C(=O)Nc3cccc(Cl)c3)CN2CC1=O. The van der Waals surface area contributed by atoms with Gasteiger partial charge in [-0.1, -0.05) is 17.7 Å². The highest BCUT2D eigenvalue weighted by Crippen LogP contribution is 2.23. The van der Waals surface area contributed by atoms with E-state index < -0.39 is 0 Å². The third-order valence-electron chi connectivity index (χ3n) is 4.13. The van der Waals surface area contributed by atoms with Crippen LogP contribution in [-0.4, -0.2) is 47.2 Å². The van der Waals surface area contributed by atoms with Crippen LogP contribution in [0, 0.1) is 5.92 Å². The first-order valence-electron chi connectivity index (χ1n) is 7.76. The minimum atomic E-state index is -0.158. The summed E-state index contributed by atoms with van der Waals surface area (Å²) in [6, 6.07) is 7.09. The molecule has 122 valence electrons. The Hall–Kier alpha value is -2.08. The summed E-state index contributed by atoms with van der Waals surface area (Å²) >= 11 is 5.93. The van der Waals surface area contributed by atoms with E-state index in [0.29, 0.717) is 36.8 Å². The van der Waals surface area contributed by atoms with Crippen molar-refractivity contribution < 1.29 is 9.59 Å². The van der Waals surface area contributed by atoms with Gasteiger partial charge in [-0.3, -0.25) is 9.59 Å². The van der Waals surface area contributed by atoms with Crippen LogP contribution in [0.2, 0.25) is 5.02 Å². The lowest BCUT2D eigenvalue weighted by molar-refractivity contribution is -0.133. The number of hydrazone groups is 1. The van der Waals surface area contributed by atoms with Crippen molar-refractivity contribution in [3.05, 3.63) is 29.3 Å². The first kappa shape index (κ1) is 15.8. The van der Waals surface area contributed by atoms with Crippen LogP contribution >= 0.6 is 11.6 Å². The van der Waals surface area contributed by atoms with Gasteiger partial charge in [0.25, 0.3) is 5.91 Å². The Bertz CT molecular complexity index is 661. The molecule has 0 radical (unpaired) electrons. The molecule has 7 heteroatoms. The molecule has 0 saturated carbocycles. The van der Waals surface area contributed by atoms with Crippen LogP contribution in [0.5, 0.6) is 0 Å². The summed E-state index contributed by atoms with van der Waals surface area (Å²) in [5, 5.41) is 9.35. The molecule has 1 saturated heterocycles. The number of nitrogens with zero attached hydrogens (tertiary/aromatic N) is 3. The molecule has 0 aromatic heterocycles. The Morgan fingerprint density at radius 2 is 2.30 bits per heavy atom. The molecule has 1 aromatic carbocycles. The molecule has 2 aliphatic rings. The van der Waals surface area contributed by atoms with Crippen molar-refractivity contribution >= 4 is 34.9 Å². The smallest absolute Gasteiger partial charge is 0.262 e. The fourth-order valence-corrected chi connectivity index (χ4v) is 3.10. The van der Waals surface area contributed by atoms with Crippen molar-refractivity contribution in [3.8, 4) is 0 Å². The molecule has 1 atom stereocenters. The van der Waals surface area contributed by atoms with Crippen LogP contribution < -0.4 is 5.32 Å². The summed E-state index contributed by atoms with van der Waals surface area (Å²) in [6.45, 7) is 3.30. The number of halogens is 1. The summed E-state index contributed by atoms with van der Waals surface area (Å²) in [5.41, 5.74) is 0.689. The van der Waals surface area contributed by atoms with Crippen molar-refractivity contribution in [1.82, 2.24) is 9.91 Å². The number of hydrogen-bond acceptors (Lipinski definition) is 4. The number of hydrogen-bond donors (Lipinski definition) is 1. The van der Waals surface area contributed by atoms with Gasteiger partial charge in [0.05, 0.1) is 5.92 Å². The highest BCUT2D eigenvalue weighted by atomic mass is 35.5. The zero-order chi connectivity index (χ0) is 16.4. The third-order valence-corrected chi connectivity index (χ3v) is 4.37. The predicted octanol–water partition coefficient (Wildman–Crippen LogP) is 2.17. The molecule has 2 aliphatic heterocycles. The van der Waals surface area contributed by atoms with Gasteiger partial charge in [-0.25, -0.2) is 5.01 Å². The second-order valence-electron chi connectivity index (χ2n) is 5.74. The number of likely N-dealkylation sites (N-methyl/N-ethyl adjacent to an activating group) is 1. The van der Waals surface area contributed by atoms with Gasteiger partial charge in [0.1, 0.15) is 12.4 Å². The molecule has 1 N–H and O–H groups in total. The Kier molecular flexibility index (Phi) is 4.52. The maximum atomic E-state index is 12.4. The van der Waals surface area contributed by atoms with Gasteiger partial charge < -0.3 is 10.2 Å². The zero-order valence-corrected chi connectivity index (χ0v) is 13.7. The third kappa shape index (κ3) is 3.47. The monoisotopic (exact) mass is 334 g/mol. The second kappa shape index (κ2) is 6.58. The van der Waals surface area contributed by atoms with E-state index in [4.69, 9.17) is 11.6 Å². The summed E-state index contributed by atoms with van der Waals surface area (Å²) in [7, 11) is 0. The summed E-state index contributed by atoms with van der Waals surface area (Å²) in [5.74, 6) is 0.677. The Labute approximate surface area is 140 Å². The van der Waals surface area contributed by atoms with E-state index in [2.05, 4.69) is 10.4 Å². The van der Waals surface area contributed by atoms with Crippen molar-refractivity contribution in [1.29, 1.82) is 0 Å². The molecule has 6 nitrogen and oxygen atoms in total. The fraction of sp³-hybridized carbons (Fsp3) is 0.438. The van der Waals surface area contributed by atoms with E-state index in [1.165, 1.54) is 5.01 Å². The maximum Gasteiger partial charge on any atom is 0.262 e. The molecule has 1 fully saturated rings. The molecule has 0 bridgehead atoms. The van der Waals surface area contributed by atoms with Crippen molar-refractivity contribution in [3.63, 3.8) is 0 Å². The van der Waals surface area contributed by atoms with Crippen LogP contribution in [0.25, 0.3) is 0 Å². The lowest BCUT2D eigenvalue weighted by Crippen LogP contribution is -2.52. The Morgan fingerprint density at radius 3 is 3.04 bits per heavy atom. The molecule has 3 rings (SSSR count). The van der Waals surface area contributed by atoms with Gasteiger partial charge in [0, 0.05) is 30.2 Å². The number of amidine groups is 1. The summed E-state index contributed by atoms with van der Waals surface area (Å²) < 4.78 is 0. The van der Waals surface area contributed by atoms with Gasteiger partial charge in [0.2, 0.25) is 5.91 Å². The van der Waals surface area contributed by atoms with Crippen molar-refractivity contribution in [2.24, 2.45) is 11.0 Å². The average Bonchev–Trinajstić information content (AvgIpc) is 2.53. The maximum absolute atomic E-state index is 12.4. The lowest BCUT2D eigenvalue weighted by Gasteiger charge is -2.38. The van der Waals surface area contributed by atoms with E-state index in [9.17, 15) is 9.59 Å². The molecular formula is C16H19ClN4O2. The molecule has 0 aliphatic carbocycles. The highest BCUT2D eigenvalue weighted by molar-refractivity contribution is 6.30. The Balaban J connectivity index is 1.65. The van der Waals surface area contributed by atoms with Gasteiger partial charge >= 0.3 is 0 Å². The van der Waals surface area contributed by atoms with Gasteiger partial charge in [-0.05, 0) is 31.5 Å². The van der Waals surface area contributed by atoms with Crippen LogP contribution in [0.4, 0.5) is 5.69 Å². The number of fused-ring (bicyclic) bond motifs is 1. The molecule has 1 aromatic rings. The van der Waals surface area contributed by atoms with Crippen LogP contribution in [0.3, 0.4) is 0 Å². The number of rotatable bonds is 3. The minimum Gasteiger partial charge on any atom is -0.348 e. The normalized spacial score (nSPS) is 20.9. The number of carbonyl (C=O) groups is 2. The van der Waals surface area contributed by atoms with Crippen LogP contribution in [-0.2, 0) is 9.59 Å². The topological polar surface area (TPSA) is 65.0 Å². The van der Waals surface area contributed by atoms with Gasteiger partial charge in [-0.2, -0.15) is 5.10 Å². The molecular weight excluding hydrogens is 316 g/mol. The molecule has 1 unspecified atom stereocenters. The standard InChI is InChI=1S/C16H19ClN4O2/c1-2-21-15(22)10-20-9-11(6-7-14(20)19-21)16(23)18-13-5-3-4-12(17)8-13/h3-5,8,11H,2,6-7,9-10H2,1H3,(H,18,23). The summed E-state index contributed by atoms with van der Waals surface area (Å²) in [4.78, 5) is 26.3. The van der Waals surface area contributed by atoms with Crippen molar-refractivity contribution in [2.45, 2.75) is 19.8 Å². The predicted molar refractivity (Wildman–Crippen MR) is 89.2 cm³/mol. The summed E-state index contributed by atoms with van der Waals surface area (Å²) in [6.07, 6.45) is 1.44. The first-order valence-corrected chi connectivity index (χ1v) is 8.14. The zero-order valence-electron chi connectivity index (χ0n) is 13.0. The van der Waals surface area contributed by atoms with Crippen molar-refractivity contribution in [2.75, 3.05) is 25.0 Å². The van der Waals surface area contributed by atoms with E-state index in [0.717, 1.165) is 12.3 Å². The number of nitrogens with one attached hydrogen (secondary N) is 1. The quantitative estimate of drug-likeness (QED) is 0.921. The average molecular weight is 335 g/mol. The van der Waals surface area contributed by atoms with E-state index in [1.807, 2.05) is 17.9 Å². The van der Waals surface area contributed by atoms with E-state index in [-0.39, 0.29) is 17.7 Å². The highest BCUT2D eigenvalue weighted by Gasteiger charge is 2.34. The largest absolute Gasteiger partial charge is 0.348 e. The van der Waals surface area contributed by atoms with E-state index >= 15 is 0 Å². The minimum absolute atomic E-state index is 0.0212. The lowest BCUT2D eigenvalue weighted by atomic mass is 9.95. The van der Waals surface area contributed by atoms with Crippen LogP contribution in [0.15, 0.2) is 29.4 Å². The Morgan fingerprint density at radius 1 is 1.48 bits per heavy atom. The number of anilines is 1. The van der Waals surface area contributed by atoms with Gasteiger partial charge in [-0.15, -0.1) is 0 Å².